The van der Waals surface area contributed by atoms with Crippen LogP contribution in [0.4, 0.5) is 5.69 Å². The zero-order chi connectivity index (χ0) is 16.3. The molecule has 0 radical (unpaired) electrons. The molecule has 5 nitrogen and oxygen atoms in total. The number of halogens is 1. The summed E-state index contributed by atoms with van der Waals surface area (Å²) in [6, 6.07) is 1.53. The van der Waals surface area contributed by atoms with Crippen molar-refractivity contribution >= 4 is 34.5 Å². The predicted molar refractivity (Wildman–Crippen MR) is 86.5 cm³/mol. The zero-order valence-electron chi connectivity index (χ0n) is 12.9. The Hall–Kier alpha value is -1.14. The number of amides is 1. The van der Waals surface area contributed by atoms with Crippen LogP contribution in [0.2, 0.25) is 4.34 Å². The molecule has 22 heavy (non-hydrogen) atoms. The first-order valence-corrected chi connectivity index (χ1v) is 8.54. The number of carbonyl (C=O) groups excluding carboxylic acids is 1. The Bertz CT molecular complexity index is 657. The molecule has 7 heteroatoms. The second-order valence-corrected chi connectivity index (χ2v) is 9.33. The van der Waals surface area contributed by atoms with Crippen molar-refractivity contribution in [3.8, 4) is 0 Å². The molecule has 1 aliphatic heterocycles. The molecule has 2 bridgehead atoms. The van der Waals surface area contributed by atoms with Crippen LogP contribution < -0.4 is 0 Å². The summed E-state index contributed by atoms with van der Waals surface area (Å²) in [5.41, 5.74) is 0.199. The molecular weight excluding hydrogens is 324 g/mol. The summed E-state index contributed by atoms with van der Waals surface area (Å²) >= 11 is 6.88. The van der Waals surface area contributed by atoms with E-state index in [4.69, 9.17) is 11.6 Å². The van der Waals surface area contributed by atoms with Gasteiger partial charge in [-0.25, -0.2) is 0 Å². The van der Waals surface area contributed by atoms with Crippen LogP contribution in [0.1, 0.15) is 49.7 Å². The van der Waals surface area contributed by atoms with E-state index < -0.39 is 4.92 Å². The molecule has 2 heterocycles. The normalized spacial score (nSPS) is 29.6. The smallest absolute Gasteiger partial charge is 0.299 e. The minimum absolute atomic E-state index is 0.0714. The maximum Gasteiger partial charge on any atom is 0.299 e. The van der Waals surface area contributed by atoms with Crippen molar-refractivity contribution < 1.29 is 9.72 Å². The second-order valence-electron chi connectivity index (χ2n) is 7.67. The van der Waals surface area contributed by atoms with Gasteiger partial charge < -0.3 is 4.90 Å². The van der Waals surface area contributed by atoms with Crippen molar-refractivity contribution in [2.75, 3.05) is 6.54 Å². The van der Waals surface area contributed by atoms with E-state index in [0.717, 1.165) is 37.1 Å². The first kappa shape index (κ1) is 15.7. The lowest BCUT2D eigenvalue weighted by atomic mass is 9.65. The summed E-state index contributed by atoms with van der Waals surface area (Å²) in [5.74, 6) is -0.119. The standard InChI is InChI=1S/C15H19ClN2O3S/c1-14(2)5-9-6-15(3,7-14)8-17(9)13(19)11-4-10(18(20)21)12(16)22-11/h4,9H,5-8H2,1-3H3. The van der Waals surface area contributed by atoms with E-state index >= 15 is 0 Å². The minimum Gasteiger partial charge on any atom is -0.334 e. The van der Waals surface area contributed by atoms with Gasteiger partial charge in [-0.15, -0.1) is 11.3 Å². The number of hydrogen-bond acceptors (Lipinski definition) is 4. The summed E-state index contributed by atoms with van der Waals surface area (Å²) in [6.45, 7) is 7.46. The number of carbonyl (C=O) groups is 1. The van der Waals surface area contributed by atoms with E-state index in [9.17, 15) is 14.9 Å². The molecular formula is C15H19ClN2O3S. The Labute approximate surface area is 138 Å². The Balaban J connectivity index is 1.88. The van der Waals surface area contributed by atoms with Gasteiger partial charge in [0, 0.05) is 18.7 Å². The molecule has 120 valence electrons. The van der Waals surface area contributed by atoms with Gasteiger partial charge >= 0.3 is 0 Å². The lowest BCUT2D eigenvalue weighted by molar-refractivity contribution is -0.384. The molecule has 2 unspecified atom stereocenters. The molecule has 0 aromatic carbocycles. The topological polar surface area (TPSA) is 63.5 Å². The fourth-order valence-corrected chi connectivity index (χ4v) is 5.61. The molecule has 1 amide bonds. The molecule has 0 N–H and O–H groups in total. The largest absolute Gasteiger partial charge is 0.334 e. The lowest BCUT2D eigenvalue weighted by Crippen LogP contribution is -2.37. The summed E-state index contributed by atoms with van der Waals surface area (Å²) < 4.78 is 0.0714. The van der Waals surface area contributed by atoms with E-state index in [2.05, 4.69) is 20.8 Å². The Morgan fingerprint density at radius 2 is 2.14 bits per heavy atom. The van der Waals surface area contributed by atoms with E-state index in [1.165, 1.54) is 6.07 Å². The van der Waals surface area contributed by atoms with Gasteiger partial charge in [-0.05, 0) is 30.1 Å². The monoisotopic (exact) mass is 342 g/mol. The zero-order valence-corrected chi connectivity index (χ0v) is 14.5. The lowest BCUT2D eigenvalue weighted by Gasteiger charge is -2.39. The van der Waals surface area contributed by atoms with Gasteiger partial charge in [-0.2, -0.15) is 0 Å². The van der Waals surface area contributed by atoms with Crippen molar-refractivity contribution in [2.24, 2.45) is 10.8 Å². The maximum absolute atomic E-state index is 12.8. The van der Waals surface area contributed by atoms with Crippen LogP contribution in [-0.2, 0) is 0 Å². The number of likely N-dealkylation sites (tertiary alicyclic amines) is 1. The Morgan fingerprint density at radius 3 is 2.73 bits per heavy atom. The van der Waals surface area contributed by atoms with E-state index in [1.807, 2.05) is 4.90 Å². The quantitative estimate of drug-likeness (QED) is 0.592. The van der Waals surface area contributed by atoms with Crippen LogP contribution >= 0.6 is 22.9 Å². The van der Waals surface area contributed by atoms with Gasteiger partial charge in [-0.1, -0.05) is 32.4 Å². The van der Waals surface area contributed by atoms with Gasteiger partial charge in [0.1, 0.15) is 4.88 Å². The third-order valence-electron chi connectivity index (χ3n) is 4.75. The fourth-order valence-electron chi connectivity index (χ4n) is 4.43. The molecule has 1 saturated heterocycles. The van der Waals surface area contributed by atoms with E-state index in [0.29, 0.717) is 4.88 Å². The Kier molecular flexibility index (Phi) is 3.53. The fraction of sp³-hybridized carbons (Fsp3) is 0.667. The average Bonchev–Trinajstić information content (AvgIpc) is 2.85. The molecule has 1 saturated carbocycles. The van der Waals surface area contributed by atoms with Crippen molar-refractivity contribution in [2.45, 2.75) is 46.1 Å². The maximum atomic E-state index is 12.8. The van der Waals surface area contributed by atoms with Crippen LogP contribution in [-0.4, -0.2) is 28.3 Å². The number of nitro groups is 1. The van der Waals surface area contributed by atoms with Crippen LogP contribution in [0.5, 0.6) is 0 Å². The summed E-state index contributed by atoms with van der Waals surface area (Å²) in [7, 11) is 0. The van der Waals surface area contributed by atoms with Gasteiger partial charge in [-0.3, -0.25) is 14.9 Å². The highest BCUT2D eigenvalue weighted by Crippen LogP contribution is 2.53. The van der Waals surface area contributed by atoms with Crippen LogP contribution in [0.15, 0.2) is 6.07 Å². The highest BCUT2D eigenvalue weighted by Gasteiger charge is 2.51. The van der Waals surface area contributed by atoms with Crippen LogP contribution in [0.25, 0.3) is 0 Å². The molecule has 3 rings (SSSR count). The highest BCUT2D eigenvalue weighted by atomic mass is 35.5. The van der Waals surface area contributed by atoms with Gasteiger partial charge in [0.25, 0.3) is 11.6 Å². The molecule has 2 fully saturated rings. The molecule has 2 atom stereocenters. The first-order chi connectivity index (χ1) is 10.1. The molecule has 0 spiro atoms. The minimum atomic E-state index is -0.539. The van der Waals surface area contributed by atoms with Crippen LogP contribution in [0, 0.1) is 20.9 Å². The number of hydrogen-bond donors (Lipinski definition) is 0. The number of fused-ring (bicyclic) bond motifs is 2. The van der Waals surface area contributed by atoms with Gasteiger partial charge in [0.2, 0.25) is 0 Å². The van der Waals surface area contributed by atoms with Gasteiger partial charge in [0.15, 0.2) is 4.34 Å². The molecule has 2 aliphatic rings. The van der Waals surface area contributed by atoms with Crippen molar-refractivity contribution in [3.05, 3.63) is 25.4 Å². The second kappa shape index (κ2) is 4.93. The summed E-state index contributed by atoms with van der Waals surface area (Å²) in [4.78, 5) is 25.4. The average molecular weight is 343 g/mol. The van der Waals surface area contributed by atoms with Crippen molar-refractivity contribution in [1.82, 2.24) is 4.90 Å². The third-order valence-corrected chi connectivity index (χ3v) is 6.08. The predicted octanol–water partition coefficient (Wildman–Crippen LogP) is 4.35. The SMILES string of the molecule is CC1(C)CC2CC(C)(CN2C(=O)c2cc([N+](=O)[O-])c(Cl)s2)C1. The molecule has 1 aliphatic carbocycles. The van der Waals surface area contributed by atoms with Crippen LogP contribution in [0.3, 0.4) is 0 Å². The van der Waals surface area contributed by atoms with Crippen molar-refractivity contribution in [3.63, 3.8) is 0 Å². The third kappa shape index (κ3) is 2.63. The van der Waals surface area contributed by atoms with E-state index in [-0.39, 0.29) is 32.8 Å². The van der Waals surface area contributed by atoms with Gasteiger partial charge in [0.05, 0.1) is 4.92 Å². The molecule has 1 aromatic rings. The Morgan fingerprint density at radius 1 is 1.45 bits per heavy atom. The van der Waals surface area contributed by atoms with Crippen molar-refractivity contribution in [1.29, 1.82) is 0 Å². The number of thiophene rings is 1. The number of nitrogens with zero attached hydrogens (tertiary/aromatic N) is 2. The first-order valence-electron chi connectivity index (χ1n) is 7.35. The highest BCUT2D eigenvalue weighted by molar-refractivity contribution is 7.18. The summed E-state index contributed by atoms with van der Waals surface area (Å²) in [6.07, 6.45) is 3.10. The summed E-state index contributed by atoms with van der Waals surface area (Å²) in [5, 5.41) is 10.9. The van der Waals surface area contributed by atoms with E-state index in [1.54, 1.807) is 0 Å². The molecule has 1 aromatic heterocycles. The number of rotatable bonds is 2.